The molecule has 0 amide bonds. The van der Waals surface area contributed by atoms with Gasteiger partial charge in [0.25, 0.3) is 0 Å². The van der Waals surface area contributed by atoms with Crippen molar-refractivity contribution in [2.24, 2.45) is 0 Å². The van der Waals surface area contributed by atoms with Crippen LogP contribution in [0, 0.1) is 0 Å². The highest BCUT2D eigenvalue weighted by atomic mass is 16.6. The summed E-state index contributed by atoms with van der Waals surface area (Å²) in [4.78, 5) is 11.2. The second-order valence-corrected chi connectivity index (χ2v) is 3.24. The van der Waals surface area contributed by atoms with E-state index in [9.17, 15) is 4.79 Å². The lowest BCUT2D eigenvalue weighted by atomic mass is 10.1. The Morgan fingerprint density at radius 3 is 2.67 bits per heavy atom. The van der Waals surface area contributed by atoms with E-state index in [0.717, 1.165) is 17.7 Å². The highest BCUT2D eigenvalue weighted by Crippen LogP contribution is 2.19. The van der Waals surface area contributed by atoms with Gasteiger partial charge in [-0.25, -0.2) is 4.79 Å². The molecule has 1 rings (SSSR count). The van der Waals surface area contributed by atoms with Crippen LogP contribution in [0.5, 0.6) is 5.75 Å². The Labute approximate surface area is 90.0 Å². The molecular weight excluding hydrogens is 192 g/mol. The molecule has 0 bridgehead atoms. The van der Waals surface area contributed by atoms with E-state index in [1.54, 1.807) is 6.92 Å². The van der Waals surface area contributed by atoms with Crippen molar-refractivity contribution in [1.29, 1.82) is 0 Å². The van der Waals surface area contributed by atoms with E-state index >= 15 is 0 Å². The summed E-state index contributed by atoms with van der Waals surface area (Å²) in [5.74, 6) is 0.388. The molecule has 1 aromatic rings. The van der Waals surface area contributed by atoms with Gasteiger partial charge in [-0.05, 0) is 25.0 Å². The summed E-state index contributed by atoms with van der Waals surface area (Å²) in [5.41, 5.74) is 1.09. The van der Waals surface area contributed by atoms with E-state index in [0.29, 0.717) is 0 Å². The fourth-order valence-electron chi connectivity index (χ4n) is 1.32. The van der Waals surface area contributed by atoms with Gasteiger partial charge < -0.3 is 9.47 Å². The summed E-state index contributed by atoms with van der Waals surface area (Å²) in [6.45, 7) is 3.73. The number of para-hydroxylation sites is 1. The fraction of sp³-hybridized carbons (Fsp3) is 0.417. The first-order chi connectivity index (χ1) is 7.19. The zero-order chi connectivity index (χ0) is 11.3. The molecule has 0 N–H and O–H groups in total. The number of esters is 1. The standard InChI is InChI=1S/C12H16O3/c1-4-10-7-5-6-8-11(10)15-9(2)12(13)14-3/h5-9H,4H2,1-3H3. The number of ether oxygens (including phenoxy) is 2. The Morgan fingerprint density at radius 1 is 1.40 bits per heavy atom. The topological polar surface area (TPSA) is 35.5 Å². The van der Waals surface area contributed by atoms with Crippen LogP contribution < -0.4 is 4.74 Å². The molecule has 15 heavy (non-hydrogen) atoms. The van der Waals surface area contributed by atoms with Crippen molar-refractivity contribution in [2.45, 2.75) is 26.4 Å². The number of methoxy groups -OCH3 is 1. The predicted octanol–water partition coefficient (Wildman–Crippen LogP) is 2.19. The number of hydrogen-bond donors (Lipinski definition) is 0. The largest absolute Gasteiger partial charge is 0.479 e. The van der Waals surface area contributed by atoms with Crippen LogP contribution in [-0.4, -0.2) is 19.2 Å². The third-order valence-electron chi connectivity index (χ3n) is 2.19. The first-order valence-corrected chi connectivity index (χ1v) is 5.01. The summed E-state index contributed by atoms with van der Waals surface area (Å²) in [5, 5.41) is 0. The SMILES string of the molecule is CCc1ccccc1OC(C)C(=O)OC. The van der Waals surface area contributed by atoms with E-state index in [2.05, 4.69) is 4.74 Å². The van der Waals surface area contributed by atoms with Gasteiger partial charge in [-0.2, -0.15) is 0 Å². The minimum absolute atomic E-state index is 0.360. The summed E-state index contributed by atoms with van der Waals surface area (Å²) in [6.07, 6.45) is 0.312. The van der Waals surface area contributed by atoms with E-state index in [4.69, 9.17) is 4.74 Å². The van der Waals surface area contributed by atoms with Crippen molar-refractivity contribution in [3.8, 4) is 5.75 Å². The molecule has 1 aromatic carbocycles. The van der Waals surface area contributed by atoms with Gasteiger partial charge in [0.15, 0.2) is 6.10 Å². The average Bonchev–Trinajstić information content (AvgIpc) is 2.28. The zero-order valence-corrected chi connectivity index (χ0v) is 9.32. The van der Waals surface area contributed by atoms with Crippen molar-refractivity contribution in [3.63, 3.8) is 0 Å². The van der Waals surface area contributed by atoms with E-state index < -0.39 is 6.10 Å². The van der Waals surface area contributed by atoms with Crippen LogP contribution in [0.15, 0.2) is 24.3 Å². The molecule has 0 fully saturated rings. The molecule has 3 nitrogen and oxygen atoms in total. The molecule has 3 heteroatoms. The molecule has 0 aliphatic rings. The summed E-state index contributed by atoms with van der Waals surface area (Å²) < 4.78 is 10.1. The molecule has 0 spiro atoms. The lowest BCUT2D eigenvalue weighted by Crippen LogP contribution is -2.25. The van der Waals surface area contributed by atoms with Crippen LogP contribution in [0.3, 0.4) is 0 Å². The van der Waals surface area contributed by atoms with Crippen molar-refractivity contribution >= 4 is 5.97 Å². The highest BCUT2D eigenvalue weighted by Gasteiger charge is 2.15. The Morgan fingerprint density at radius 2 is 2.07 bits per heavy atom. The molecule has 82 valence electrons. The predicted molar refractivity (Wildman–Crippen MR) is 57.9 cm³/mol. The number of rotatable bonds is 4. The van der Waals surface area contributed by atoms with E-state index in [1.807, 2.05) is 31.2 Å². The number of carbonyl (C=O) groups is 1. The third-order valence-corrected chi connectivity index (χ3v) is 2.19. The number of carbonyl (C=O) groups excluding carboxylic acids is 1. The third kappa shape index (κ3) is 2.98. The molecular formula is C12H16O3. The second-order valence-electron chi connectivity index (χ2n) is 3.24. The minimum Gasteiger partial charge on any atom is -0.479 e. The number of hydrogen-bond acceptors (Lipinski definition) is 3. The Bertz CT molecular complexity index is 333. The van der Waals surface area contributed by atoms with Gasteiger partial charge in [-0.1, -0.05) is 25.1 Å². The summed E-state index contributed by atoms with van der Waals surface area (Å²) in [6, 6.07) is 7.69. The van der Waals surface area contributed by atoms with Gasteiger partial charge in [-0.3, -0.25) is 0 Å². The number of benzene rings is 1. The van der Waals surface area contributed by atoms with Gasteiger partial charge in [0.1, 0.15) is 5.75 Å². The maximum atomic E-state index is 11.2. The Hall–Kier alpha value is -1.51. The fourth-order valence-corrected chi connectivity index (χ4v) is 1.32. The number of aryl methyl sites for hydroxylation is 1. The summed E-state index contributed by atoms with van der Waals surface area (Å²) >= 11 is 0. The molecule has 1 unspecified atom stereocenters. The van der Waals surface area contributed by atoms with E-state index in [1.165, 1.54) is 7.11 Å². The maximum Gasteiger partial charge on any atom is 0.346 e. The van der Waals surface area contributed by atoms with Crippen LogP contribution in [0.25, 0.3) is 0 Å². The van der Waals surface area contributed by atoms with Gasteiger partial charge in [-0.15, -0.1) is 0 Å². The molecule has 0 aromatic heterocycles. The molecule has 1 atom stereocenters. The van der Waals surface area contributed by atoms with Crippen molar-refractivity contribution < 1.29 is 14.3 Å². The molecule has 0 aliphatic heterocycles. The zero-order valence-electron chi connectivity index (χ0n) is 9.32. The van der Waals surface area contributed by atoms with E-state index in [-0.39, 0.29) is 5.97 Å². The molecule has 0 aliphatic carbocycles. The van der Waals surface area contributed by atoms with Gasteiger partial charge in [0.05, 0.1) is 7.11 Å². The molecule has 0 radical (unpaired) electrons. The van der Waals surface area contributed by atoms with Crippen LogP contribution in [0.4, 0.5) is 0 Å². The van der Waals surface area contributed by atoms with Crippen LogP contribution in [-0.2, 0) is 16.0 Å². The first-order valence-electron chi connectivity index (χ1n) is 5.01. The molecule has 0 heterocycles. The second kappa shape index (κ2) is 5.39. The summed E-state index contributed by atoms with van der Waals surface area (Å²) in [7, 11) is 1.36. The maximum absolute atomic E-state index is 11.2. The van der Waals surface area contributed by atoms with Gasteiger partial charge >= 0.3 is 5.97 Å². The van der Waals surface area contributed by atoms with Crippen molar-refractivity contribution in [3.05, 3.63) is 29.8 Å². The average molecular weight is 208 g/mol. The van der Waals surface area contributed by atoms with Crippen molar-refractivity contribution in [1.82, 2.24) is 0 Å². The van der Waals surface area contributed by atoms with Gasteiger partial charge in [0, 0.05) is 0 Å². The smallest absolute Gasteiger partial charge is 0.346 e. The van der Waals surface area contributed by atoms with Crippen LogP contribution in [0.1, 0.15) is 19.4 Å². The lowest BCUT2D eigenvalue weighted by Gasteiger charge is -2.14. The van der Waals surface area contributed by atoms with Crippen molar-refractivity contribution in [2.75, 3.05) is 7.11 Å². The lowest BCUT2D eigenvalue weighted by molar-refractivity contribution is -0.147. The Kier molecular flexibility index (Phi) is 4.16. The van der Waals surface area contributed by atoms with Crippen LogP contribution in [0.2, 0.25) is 0 Å². The first kappa shape index (κ1) is 11.6. The Balaban J connectivity index is 2.75. The minimum atomic E-state index is -0.567. The van der Waals surface area contributed by atoms with Gasteiger partial charge in [0.2, 0.25) is 0 Å². The monoisotopic (exact) mass is 208 g/mol. The normalized spacial score (nSPS) is 11.9. The molecule has 0 saturated heterocycles. The van der Waals surface area contributed by atoms with Crippen LogP contribution >= 0.6 is 0 Å². The molecule has 0 saturated carbocycles. The quantitative estimate of drug-likeness (QED) is 0.711. The highest BCUT2D eigenvalue weighted by molar-refractivity contribution is 5.74.